The van der Waals surface area contributed by atoms with Crippen molar-refractivity contribution in [3.05, 3.63) is 94.2 Å². The maximum atomic E-state index is 10.9. The first-order valence-corrected chi connectivity index (χ1v) is 11.5. The van der Waals surface area contributed by atoms with Crippen LogP contribution in [0, 0.1) is 0 Å². The van der Waals surface area contributed by atoms with Gasteiger partial charge in [-0.2, -0.15) is 0 Å². The molecule has 1 aromatic heterocycles. The first kappa shape index (κ1) is 20.1. The molecule has 3 heteroatoms. The molecule has 1 aliphatic heterocycles. The zero-order valence-corrected chi connectivity index (χ0v) is 17.7. The normalized spacial score (nSPS) is 15.8. The second-order valence-corrected chi connectivity index (χ2v) is 8.63. The molecular formula is C26H29NOS. The Morgan fingerprint density at radius 1 is 0.828 bits per heavy atom. The Hall–Kier alpha value is -2.20. The number of rotatable bonds is 7. The van der Waals surface area contributed by atoms with Gasteiger partial charge in [0.2, 0.25) is 0 Å². The molecule has 2 aromatic carbocycles. The van der Waals surface area contributed by atoms with E-state index >= 15 is 0 Å². The summed E-state index contributed by atoms with van der Waals surface area (Å²) in [6.07, 6.45) is 4.94. The van der Waals surface area contributed by atoms with Crippen molar-refractivity contribution >= 4 is 22.5 Å². The van der Waals surface area contributed by atoms with Gasteiger partial charge in [0.05, 0.1) is 0 Å². The molecule has 2 nitrogen and oxygen atoms in total. The zero-order chi connectivity index (χ0) is 19.9. The van der Waals surface area contributed by atoms with E-state index in [-0.39, 0.29) is 6.23 Å². The van der Waals surface area contributed by atoms with Crippen molar-refractivity contribution in [3.8, 4) is 0 Å². The molecule has 0 spiro atoms. The minimum atomic E-state index is -0.363. The predicted molar refractivity (Wildman–Crippen MR) is 124 cm³/mol. The number of piperidine rings is 1. The van der Waals surface area contributed by atoms with Gasteiger partial charge >= 0.3 is 0 Å². The minimum Gasteiger partial charge on any atom is -0.378 e. The van der Waals surface area contributed by atoms with Crippen LogP contribution in [0.1, 0.15) is 48.1 Å². The lowest BCUT2D eigenvalue weighted by molar-refractivity contribution is -0.0121. The largest absolute Gasteiger partial charge is 0.378 e. The summed E-state index contributed by atoms with van der Waals surface area (Å²) in [4.78, 5) is 3.54. The number of benzene rings is 2. The maximum absolute atomic E-state index is 10.9. The van der Waals surface area contributed by atoms with Crippen LogP contribution in [-0.2, 0) is 0 Å². The average Bonchev–Trinajstić information content (AvgIpc) is 3.33. The number of allylic oxidation sites excluding steroid dienone is 1. The molecule has 1 aliphatic rings. The van der Waals surface area contributed by atoms with Crippen molar-refractivity contribution in [1.29, 1.82) is 0 Å². The van der Waals surface area contributed by atoms with Crippen LogP contribution >= 0.6 is 11.3 Å². The van der Waals surface area contributed by atoms with Gasteiger partial charge in [-0.05, 0) is 59.4 Å². The molecule has 0 saturated carbocycles. The van der Waals surface area contributed by atoms with Crippen LogP contribution in [0.3, 0.4) is 0 Å². The van der Waals surface area contributed by atoms with Crippen LogP contribution in [0.25, 0.3) is 11.1 Å². The number of hydrogen-bond acceptors (Lipinski definition) is 3. The summed E-state index contributed by atoms with van der Waals surface area (Å²) >= 11 is 1.78. The minimum absolute atomic E-state index is 0.363. The molecule has 0 bridgehead atoms. The Morgan fingerprint density at radius 2 is 1.45 bits per heavy atom. The SMILES string of the molecule is OC(CCC(=C(c1ccccc1)c1ccccc1)c1cccs1)N1CCCCC1. The smallest absolute Gasteiger partial charge is 0.107 e. The summed E-state index contributed by atoms with van der Waals surface area (Å²) in [6, 6.07) is 25.6. The van der Waals surface area contributed by atoms with Gasteiger partial charge in [0.1, 0.15) is 6.23 Å². The molecule has 1 unspecified atom stereocenters. The molecule has 29 heavy (non-hydrogen) atoms. The Labute approximate surface area is 178 Å². The highest BCUT2D eigenvalue weighted by Crippen LogP contribution is 2.37. The third kappa shape index (κ3) is 5.05. The molecule has 0 aliphatic carbocycles. The van der Waals surface area contributed by atoms with Gasteiger partial charge in [-0.15, -0.1) is 11.3 Å². The number of likely N-dealkylation sites (tertiary alicyclic amines) is 1. The van der Waals surface area contributed by atoms with E-state index in [4.69, 9.17) is 0 Å². The topological polar surface area (TPSA) is 23.5 Å². The number of aliphatic hydroxyl groups excluding tert-OH is 1. The highest BCUT2D eigenvalue weighted by Gasteiger charge is 2.21. The summed E-state index contributed by atoms with van der Waals surface area (Å²) in [7, 11) is 0. The van der Waals surface area contributed by atoms with Crippen LogP contribution < -0.4 is 0 Å². The van der Waals surface area contributed by atoms with Crippen molar-refractivity contribution in [2.45, 2.75) is 38.3 Å². The molecule has 150 valence electrons. The third-order valence-corrected chi connectivity index (χ3v) is 6.64. The summed E-state index contributed by atoms with van der Waals surface area (Å²) in [5.74, 6) is 0. The second-order valence-electron chi connectivity index (χ2n) is 7.68. The van der Waals surface area contributed by atoms with E-state index in [1.54, 1.807) is 11.3 Å². The first-order valence-electron chi connectivity index (χ1n) is 10.6. The summed E-state index contributed by atoms with van der Waals surface area (Å²) in [5, 5.41) is 13.0. The van der Waals surface area contributed by atoms with Crippen molar-refractivity contribution in [2.75, 3.05) is 13.1 Å². The van der Waals surface area contributed by atoms with Crippen molar-refractivity contribution in [3.63, 3.8) is 0 Å². The molecule has 1 saturated heterocycles. The molecule has 4 rings (SSSR count). The van der Waals surface area contributed by atoms with Gasteiger partial charge in [0.25, 0.3) is 0 Å². The third-order valence-electron chi connectivity index (χ3n) is 5.71. The Kier molecular flexibility index (Phi) is 6.94. The monoisotopic (exact) mass is 403 g/mol. The van der Waals surface area contributed by atoms with Crippen LogP contribution in [0.5, 0.6) is 0 Å². The van der Waals surface area contributed by atoms with Gasteiger partial charge in [0.15, 0.2) is 0 Å². The molecular weight excluding hydrogens is 374 g/mol. The van der Waals surface area contributed by atoms with Crippen LogP contribution in [0.4, 0.5) is 0 Å². The molecule has 0 amide bonds. The zero-order valence-electron chi connectivity index (χ0n) is 16.8. The summed E-state index contributed by atoms with van der Waals surface area (Å²) in [5.41, 5.74) is 5.07. The molecule has 2 heterocycles. The maximum Gasteiger partial charge on any atom is 0.107 e. The molecule has 0 radical (unpaired) electrons. The van der Waals surface area contributed by atoms with Crippen LogP contribution in [0.15, 0.2) is 78.2 Å². The van der Waals surface area contributed by atoms with E-state index in [9.17, 15) is 5.11 Å². The molecule has 1 fully saturated rings. The summed E-state index contributed by atoms with van der Waals surface area (Å²) in [6.45, 7) is 2.03. The molecule has 1 atom stereocenters. The van der Waals surface area contributed by atoms with Gasteiger partial charge in [0, 0.05) is 18.0 Å². The van der Waals surface area contributed by atoms with Gasteiger partial charge in [-0.25, -0.2) is 0 Å². The van der Waals surface area contributed by atoms with Crippen molar-refractivity contribution < 1.29 is 5.11 Å². The lowest BCUT2D eigenvalue weighted by atomic mass is 9.90. The first-order chi connectivity index (χ1) is 14.3. The van der Waals surface area contributed by atoms with Crippen LogP contribution in [-0.4, -0.2) is 29.3 Å². The fourth-order valence-electron chi connectivity index (χ4n) is 4.22. The Bertz CT molecular complexity index is 855. The lowest BCUT2D eigenvalue weighted by Gasteiger charge is -2.31. The van der Waals surface area contributed by atoms with Gasteiger partial charge in [-0.1, -0.05) is 73.2 Å². The lowest BCUT2D eigenvalue weighted by Crippen LogP contribution is -2.39. The van der Waals surface area contributed by atoms with E-state index in [2.05, 4.69) is 83.1 Å². The second kappa shape index (κ2) is 10.0. The molecule has 1 N–H and O–H groups in total. The molecule has 3 aromatic rings. The van der Waals surface area contributed by atoms with E-state index in [1.165, 1.54) is 46.4 Å². The number of nitrogens with zero attached hydrogens (tertiary/aromatic N) is 1. The van der Waals surface area contributed by atoms with Crippen molar-refractivity contribution in [1.82, 2.24) is 4.90 Å². The van der Waals surface area contributed by atoms with E-state index in [0.717, 1.165) is 25.9 Å². The number of thiophene rings is 1. The number of hydrogen-bond donors (Lipinski definition) is 1. The van der Waals surface area contributed by atoms with Gasteiger partial charge in [-0.3, -0.25) is 4.90 Å². The highest BCUT2D eigenvalue weighted by molar-refractivity contribution is 7.11. The fourth-order valence-corrected chi connectivity index (χ4v) is 5.03. The van der Waals surface area contributed by atoms with E-state index in [0.29, 0.717) is 0 Å². The van der Waals surface area contributed by atoms with Gasteiger partial charge < -0.3 is 5.11 Å². The highest BCUT2D eigenvalue weighted by atomic mass is 32.1. The standard InChI is InChI=1S/C26H29NOS/c28-25(27-18-8-3-9-19-27)17-16-23(24-15-10-20-29-24)26(21-11-4-1-5-12-21)22-13-6-2-7-14-22/h1-2,4-7,10-15,20,25,28H,3,8-9,16-19H2. The summed E-state index contributed by atoms with van der Waals surface area (Å²) < 4.78 is 0. The fraction of sp³-hybridized carbons (Fsp3) is 0.308. The Morgan fingerprint density at radius 3 is 2.00 bits per heavy atom. The average molecular weight is 404 g/mol. The number of aliphatic hydroxyl groups is 1. The van der Waals surface area contributed by atoms with Crippen LogP contribution in [0.2, 0.25) is 0 Å². The quantitative estimate of drug-likeness (QED) is 0.501. The van der Waals surface area contributed by atoms with E-state index in [1.807, 2.05) is 0 Å². The van der Waals surface area contributed by atoms with E-state index < -0.39 is 0 Å². The van der Waals surface area contributed by atoms with Crippen molar-refractivity contribution in [2.24, 2.45) is 0 Å². The predicted octanol–water partition coefficient (Wildman–Crippen LogP) is 6.29. The Balaban J connectivity index is 1.71.